The normalized spacial score (nSPS) is 9.44. The van der Waals surface area contributed by atoms with E-state index >= 15 is 0 Å². The summed E-state index contributed by atoms with van der Waals surface area (Å²) >= 11 is 4.83. The molecular formula is C5H7N3S. The summed E-state index contributed by atoms with van der Waals surface area (Å²) < 4.78 is 0.561. The van der Waals surface area contributed by atoms with Crippen LogP contribution >= 0.6 is 12.2 Å². The van der Waals surface area contributed by atoms with Crippen LogP contribution in [0.3, 0.4) is 0 Å². The predicted molar refractivity (Wildman–Crippen MR) is 38.6 cm³/mol. The van der Waals surface area contributed by atoms with Crippen molar-refractivity contribution in [1.29, 1.82) is 0 Å². The molecule has 3 nitrogen and oxygen atoms in total. The second-order valence-electron chi connectivity index (χ2n) is 1.77. The van der Waals surface area contributed by atoms with Crippen molar-refractivity contribution in [2.75, 3.05) is 5.73 Å². The number of nitrogen functional groups attached to an aromatic ring is 1. The molecule has 0 aliphatic carbocycles. The fourth-order valence-corrected chi connectivity index (χ4v) is 0.631. The van der Waals surface area contributed by atoms with Crippen LogP contribution in [0.2, 0.25) is 0 Å². The Morgan fingerprint density at radius 2 is 2.44 bits per heavy atom. The van der Waals surface area contributed by atoms with Crippen LogP contribution in [0.15, 0.2) is 6.20 Å². The first kappa shape index (κ1) is 6.22. The highest BCUT2D eigenvalue weighted by atomic mass is 32.1. The van der Waals surface area contributed by atoms with E-state index in [0.29, 0.717) is 10.6 Å². The molecule has 0 spiro atoms. The Bertz CT molecular complexity index is 265. The van der Waals surface area contributed by atoms with E-state index in [-0.39, 0.29) is 0 Å². The van der Waals surface area contributed by atoms with E-state index in [1.54, 1.807) is 6.20 Å². The van der Waals surface area contributed by atoms with Crippen molar-refractivity contribution < 1.29 is 0 Å². The molecular weight excluding hydrogens is 134 g/mol. The number of aryl methyl sites for hydroxylation is 1. The van der Waals surface area contributed by atoms with Gasteiger partial charge in [-0.25, -0.2) is 4.98 Å². The van der Waals surface area contributed by atoms with Crippen LogP contribution in [0.4, 0.5) is 5.95 Å². The molecule has 0 unspecified atom stereocenters. The maximum atomic E-state index is 5.29. The van der Waals surface area contributed by atoms with Crippen LogP contribution in [0.25, 0.3) is 0 Å². The first-order valence-electron chi connectivity index (χ1n) is 2.52. The summed E-state index contributed by atoms with van der Waals surface area (Å²) in [5.74, 6) is 0.366. The predicted octanol–water partition coefficient (Wildman–Crippen LogP) is 1.03. The average molecular weight is 141 g/mol. The van der Waals surface area contributed by atoms with E-state index < -0.39 is 0 Å². The van der Waals surface area contributed by atoms with Crippen LogP contribution in [-0.4, -0.2) is 9.97 Å². The van der Waals surface area contributed by atoms with Crippen molar-refractivity contribution in [2.24, 2.45) is 0 Å². The largest absolute Gasteiger partial charge is 0.369 e. The molecule has 0 saturated heterocycles. The van der Waals surface area contributed by atoms with Gasteiger partial charge in [0.05, 0.1) is 0 Å². The highest BCUT2D eigenvalue weighted by Crippen LogP contribution is 1.96. The average Bonchev–Trinajstić information content (AvgIpc) is 1.80. The van der Waals surface area contributed by atoms with Crippen molar-refractivity contribution in [3.63, 3.8) is 0 Å². The zero-order valence-corrected chi connectivity index (χ0v) is 5.83. The van der Waals surface area contributed by atoms with Crippen LogP contribution in [0.1, 0.15) is 5.56 Å². The van der Waals surface area contributed by atoms with Gasteiger partial charge in [0.25, 0.3) is 0 Å². The van der Waals surface area contributed by atoms with Crippen LogP contribution in [0, 0.1) is 11.6 Å². The third-order valence-corrected chi connectivity index (χ3v) is 1.41. The van der Waals surface area contributed by atoms with E-state index in [4.69, 9.17) is 18.0 Å². The first-order valence-corrected chi connectivity index (χ1v) is 2.93. The number of anilines is 1. The Labute approximate surface area is 57.9 Å². The lowest BCUT2D eigenvalue weighted by atomic mass is 10.4. The summed E-state index contributed by atoms with van der Waals surface area (Å²) in [6.07, 6.45) is 1.74. The zero-order valence-electron chi connectivity index (χ0n) is 5.01. The minimum Gasteiger partial charge on any atom is -0.369 e. The van der Waals surface area contributed by atoms with Gasteiger partial charge in [0.15, 0.2) is 5.95 Å². The Morgan fingerprint density at radius 3 is 2.89 bits per heavy atom. The lowest BCUT2D eigenvalue weighted by Crippen LogP contribution is -1.94. The fraction of sp³-hybridized carbons (Fsp3) is 0.200. The van der Waals surface area contributed by atoms with Crippen LogP contribution in [0.5, 0.6) is 0 Å². The van der Waals surface area contributed by atoms with Gasteiger partial charge in [0, 0.05) is 11.8 Å². The number of rotatable bonds is 0. The van der Waals surface area contributed by atoms with Gasteiger partial charge in [0.1, 0.15) is 4.64 Å². The van der Waals surface area contributed by atoms with Gasteiger partial charge < -0.3 is 10.7 Å². The summed E-state index contributed by atoms with van der Waals surface area (Å²) in [6, 6.07) is 0. The van der Waals surface area contributed by atoms with Crippen molar-refractivity contribution in [1.82, 2.24) is 9.97 Å². The molecule has 0 fully saturated rings. The molecule has 0 aliphatic rings. The van der Waals surface area contributed by atoms with E-state index in [1.165, 1.54) is 0 Å². The number of hydrogen-bond donors (Lipinski definition) is 2. The zero-order chi connectivity index (χ0) is 6.85. The van der Waals surface area contributed by atoms with E-state index in [0.717, 1.165) is 5.56 Å². The fourth-order valence-electron chi connectivity index (χ4n) is 0.474. The van der Waals surface area contributed by atoms with Crippen molar-refractivity contribution >= 4 is 18.2 Å². The van der Waals surface area contributed by atoms with Gasteiger partial charge in [-0.2, -0.15) is 0 Å². The maximum Gasteiger partial charge on any atom is 0.198 e. The topological polar surface area (TPSA) is 54.7 Å². The lowest BCUT2D eigenvalue weighted by Gasteiger charge is -1.92. The quantitative estimate of drug-likeness (QED) is 0.530. The van der Waals surface area contributed by atoms with Gasteiger partial charge in [-0.15, -0.1) is 0 Å². The maximum absolute atomic E-state index is 5.29. The molecule has 9 heavy (non-hydrogen) atoms. The SMILES string of the molecule is Cc1c[nH]c(N)nc1=S. The van der Waals surface area contributed by atoms with Crippen molar-refractivity contribution in [3.8, 4) is 0 Å². The van der Waals surface area contributed by atoms with Gasteiger partial charge in [-0.3, -0.25) is 0 Å². The standard InChI is InChI=1S/C5H7N3S/c1-3-2-7-5(6)8-4(3)9/h2H,1H3,(H3,6,7,8,9). The minimum absolute atomic E-state index is 0.366. The number of nitrogens with two attached hydrogens (primary N) is 1. The Balaban J connectivity index is 3.34. The smallest absolute Gasteiger partial charge is 0.198 e. The molecule has 3 N–H and O–H groups in total. The highest BCUT2D eigenvalue weighted by molar-refractivity contribution is 7.71. The number of aromatic amines is 1. The van der Waals surface area contributed by atoms with Gasteiger partial charge >= 0.3 is 0 Å². The monoisotopic (exact) mass is 141 g/mol. The Kier molecular flexibility index (Phi) is 1.48. The second kappa shape index (κ2) is 2.14. The summed E-state index contributed by atoms with van der Waals surface area (Å²) in [6.45, 7) is 1.88. The molecule has 0 radical (unpaired) electrons. The molecule has 0 bridgehead atoms. The second-order valence-corrected chi connectivity index (χ2v) is 2.16. The van der Waals surface area contributed by atoms with Gasteiger partial charge in [0.2, 0.25) is 0 Å². The summed E-state index contributed by atoms with van der Waals surface area (Å²) in [7, 11) is 0. The number of H-pyrrole nitrogens is 1. The molecule has 0 amide bonds. The number of hydrogen-bond acceptors (Lipinski definition) is 3. The third-order valence-electron chi connectivity index (χ3n) is 0.996. The molecule has 1 aromatic heterocycles. The minimum atomic E-state index is 0.366. The molecule has 48 valence electrons. The first-order chi connectivity index (χ1) is 4.20. The lowest BCUT2D eigenvalue weighted by molar-refractivity contribution is 1.13. The Morgan fingerprint density at radius 1 is 1.78 bits per heavy atom. The number of aromatic nitrogens is 2. The molecule has 0 aromatic carbocycles. The molecule has 0 saturated carbocycles. The van der Waals surface area contributed by atoms with E-state index in [9.17, 15) is 0 Å². The van der Waals surface area contributed by atoms with Crippen LogP contribution in [-0.2, 0) is 0 Å². The van der Waals surface area contributed by atoms with Gasteiger partial charge in [-0.1, -0.05) is 12.2 Å². The van der Waals surface area contributed by atoms with Crippen molar-refractivity contribution in [3.05, 3.63) is 16.4 Å². The van der Waals surface area contributed by atoms with Crippen molar-refractivity contribution in [2.45, 2.75) is 6.92 Å². The number of nitrogens with one attached hydrogen (secondary N) is 1. The molecule has 1 rings (SSSR count). The summed E-state index contributed by atoms with van der Waals surface area (Å²) in [4.78, 5) is 6.55. The number of nitrogens with zero attached hydrogens (tertiary/aromatic N) is 1. The summed E-state index contributed by atoms with van der Waals surface area (Å²) in [5.41, 5.74) is 6.24. The van der Waals surface area contributed by atoms with Gasteiger partial charge in [-0.05, 0) is 6.92 Å². The highest BCUT2D eigenvalue weighted by Gasteiger charge is 1.87. The molecule has 1 aromatic rings. The molecule has 0 atom stereocenters. The van der Waals surface area contributed by atoms with E-state index in [2.05, 4.69) is 9.97 Å². The third kappa shape index (κ3) is 1.26. The molecule has 0 aliphatic heterocycles. The molecule has 1 heterocycles. The van der Waals surface area contributed by atoms with E-state index in [1.807, 2.05) is 6.92 Å². The summed E-state index contributed by atoms with van der Waals surface area (Å²) in [5, 5.41) is 0. The molecule has 4 heteroatoms. The Hall–Kier alpha value is -0.900. The van der Waals surface area contributed by atoms with Crippen LogP contribution < -0.4 is 5.73 Å².